The number of halogens is 1. The smallest absolute Gasteiger partial charge is 0.322 e. The molecular weight excluding hydrogens is 318 g/mol. The number of rotatable bonds is 4. The molecule has 0 spiro atoms. The summed E-state index contributed by atoms with van der Waals surface area (Å²) in [6.07, 6.45) is 0.736. The maximum Gasteiger partial charge on any atom is 0.332 e. The van der Waals surface area contributed by atoms with Crippen LogP contribution in [0.2, 0.25) is 0 Å². The van der Waals surface area contributed by atoms with E-state index in [1.165, 1.54) is 11.6 Å². The zero-order chi connectivity index (χ0) is 16.9. The Balaban J connectivity index is 0.000000709. The Kier molecular flexibility index (Phi) is 8.86. The molecule has 0 saturated heterocycles. The lowest BCUT2D eigenvalue weighted by Gasteiger charge is -2.05. The molecule has 2 aromatic rings. The second kappa shape index (κ2) is 9.52. The molecule has 23 heavy (non-hydrogen) atoms. The van der Waals surface area contributed by atoms with Gasteiger partial charge in [-0.3, -0.25) is 13.9 Å². The Labute approximate surface area is 142 Å². The second-order valence-corrected chi connectivity index (χ2v) is 4.96. The Morgan fingerprint density at radius 3 is 1.96 bits per heavy atom. The topological polar surface area (TPSA) is 73.8 Å². The predicted molar refractivity (Wildman–Crippen MR) is 96.7 cm³/mol. The summed E-state index contributed by atoms with van der Waals surface area (Å²) in [6, 6.07) is 0. The van der Waals surface area contributed by atoms with Crippen LogP contribution in [0.25, 0.3) is 11.2 Å². The lowest BCUT2D eigenvalue weighted by atomic mass is 10.4. The third kappa shape index (κ3) is 4.23. The van der Waals surface area contributed by atoms with Crippen molar-refractivity contribution in [3.05, 3.63) is 26.7 Å². The average Bonchev–Trinajstić information content (AvgIpc) is 2.91. The highest BCUT2D eigenvalue weighted by atomic mass is 35.5. The molecule has 0 unspecified atom stereocenters. The highest BCUT2D eigenvalue weighted by Crippen LogP contribution is 2.10. The van der Waals surface area contributed by atoms with Gasteiger partial charge in [-0.25, -0.2) is 9.78 Å². The van der Waals surface area contributed by atoms with Crippen LogP contribution in [0, 0.1) is 0 Å². The average molecular weight is 346 g/mol. The van der Waals surface area contributed by atoms with Crippen molar-refractivity contribution in [2.45, 2.75) is 40.7 Å². The lowest BCUT2D eigenvalue weighted by molar-refractivity contribution is 0.693. The van der Waals surface area contributed by atoms with Gasteiger partial charge in [0.1, 0.15) is 5.82 Å². The molecule has 0 atom stereocenters. The minimum absolute atomic E-state index is 0. The summed E-state index contributed by atoms with van der Waals surface area (Å²) in [4.78, 5) is 28.3. The van der Waals surface area contributed by atoms with E-state index in [9.17, 15) is 9.59 Å². The van der Waals surface area contributed by atoms with E-state index in [0.29, 0.717) is 17.7 Å². The zero-order valence-corrected chi connectivity index (χ0v) is 15.7. The maximum absolute atomic E-state index is 12.1. The first kappa shape index (κ1) is 21.4. The zero-order valence-electron chi connectivity index (χ0n) is 14.8. The van der Waals surface area contributed by atoms with E-state index >= 15 is 0 Å². The number of aromatic nitrogens is 4. The van der Waals surface area contributed by atoms with Crippen LogP contribution < -0.4 is 16.6 Å². The number of nitrogens with zero attached hydrogens (tertiary/aromatic N) is 4. The van der Waals surface area contributed by atoms with Gasteiger partial charge in [-0.05, 0) is 20.0 Å². The van der Waals surface area contributed by atoms with Gasteiger partial charge in [-0.2, -0.15) is 0 Å². The summed E-state index contributed by atoms with van der Waals surface area (Å²) in [5, 5.41) is 3.11. The first-order valence-corrected chi connectivity index (χ1v) is 7.80. The van der Waals surface area contributed by atoms with E-state index in [1.54, 1.807) is 7.05 Å². The molecule has 0 amide bonds. The predicted octanol–water partition coefficient (Wildman–Crippen LogP) is 1.05. The van der Waals surface area contributed by atoms with Crippen LogP contribution in [0.15, 0.2) is 9.59 Å². The largest absolute Gasteiger partial charge is 0.332 e. The van der Waals surface area contributed by atoms with Crippen molar-refractivity contribution >= 4 is 23.6 Å². The van der Waals surface area contributed by atoms with Gasteiger partial charge in [-0.15, -0.1) is 12.4 Å². The Hall–Kier alpha value is -1.60. The molecule has 2 rings (SSSR count). The van der Waals surface area contributed by atoms with Gasteiger partial charge in [0.2, 0.25) is 0 Å². The maximum atomic E-state index is 12.1. The van der Waals surface area contributed by atoms with Gasteiger partial charge in [0.25, 0.3) is 5.56 Å². The van der Waals surface area contributed by atoms with Gasteiger partial charge in [0.05, 0.1) is 0 Å². The van der Waals surface area contributed by atoms with E-state index in [0.717, 1.165) is 29.9 Å². The normalized spacial score (nSPS) is 10.2. The molecule has 2 heterocycles. The van der Waals surface area contributed by atoms with Gasteiger partial charge < -0.3 is 9.88 Å². The SMILES string of the molecule is CCNCC.CCc1nc2c(c(=O)n(C)c(=O)n2C)n1CC.Cl. The van der Waals surface area contributed by atoms with E-state index in [2.05, 4.69) is 24.1 Å². The summed E-state index contributed by atoms with van der Waals surface area (Å²) in [6.45, 7) is 11.0. The molecule has 7 nitrogen and oxygen atoms in total. The molecule has 2 aromatic heterocycles. The Morgan fingerprint density at radius 1 is 1.00 bits per heavy atom. The highest BCUT2D eigenvalue weighted by molar-refractivity contribution is 5.85. The fourth-order valence-corrected chi connectivity index (χ4v) is 2.35. The molecule has 1 N–H and O–H groups in total. The van der Waals surface area contributed by atoms with Crippen LogP contribution in [0.4, 0.5) is 0 Å². The van der Waals surface area contributed by atoms with Crippen molar-refractivity contribution in [2.75, 3.05) is 13.1 Å². The van der Waals surface area contributed by atoms with Crippen molar-refractivity contribution in [2.24, 2.45) is 14.1 Å². The first-order chi connectivity index (χ1) is 10.4. The van der Waals surface area contributed by atoms with Crippen LogP contribution in [-0.2, 0) is 27.1 Å². The molecule has 0 aliphatic carbocycles. The summed E-state index contributed by atoms with van der Waals surface area (Å²) < 4.78 is 4.41. The standard InChI is InChI=1S/C11H16N4O2.C4H11N.ClH/c1-5-7-12-9-8(15(7)6-2)10(16)14(4)11(17)13(9)3;1-3-5-4-2;/h5-6H2,1-4H3;5H,3-4H2,1-2H3;1H. The fourth-order valence-electron chi connectivity index (χ4n) is 2.35. The van der Waals surface area contributed by atoms with Crippen LogP contribution in [0.3, 0.4) is 0 Å². The van der Waals surface area contributed by atoms with Crippen LogP contribution in [0.1, 0.15) is 33.5 Å². The van der Waals surface area contributed by atoms with Gasteiger partial charge in [-0.1, -0.05) is 20.8 Å². The number of nitrogens with one attached hydrogen (secondary N) is 1. The molecule has 8 heteroatoms. The molecule has 0 fully saturated rings. The number of hydrogen-bond acceptors (Lipinski definition) is 4. The molecule has 0 aromatic carbocycles. The van der Waals surface area contributed by atoms with E-state index < -0.39 is 0 Å². The summed E-state index contributed by atoms with van der Waals surface area (Å²) in [7, 11) is 3.12. The van der Waals surface area contributed by atoms with Gasteiger partial charge in [0, 0.05) is 27.1 Å². The third-order valence-electron chi connectivity index (χ3n) is 3.56. The second-order valence-electron chi connectivity index (χ2n) is 4.96. The molecule has 0 aliphatic heterocycles. The van der Waals surface area contributed by atoms with Gasteiger partial charge >= 0.3 is 5.69 Å². The van der Waals surface area contributed by atoms with Crippen molar-refractivity contribution in [3.8, 4) is 0 Å². The Morgan fingerprint density at radius 2 is 1.57 bits per heavy atom. The quantitative estimate of drug-likeness (QED) is 0.899. The monoisotopic (exact) mass is 345 g/mol. The van der Waals surface area contributed by atoms with E-state index in [-0.39, 0.29) is 23.7 Å². The number of aryl methyl sites for hydroxylation is 3. The molecular formula is C15H28ClN5O2. The van der Waals surface area contributed by atoms with Crippen molar-refractivity contribution in [1.29, 1.82) is 0 Å². The number of imidazole rings is 1. The summed E-state index contributed by atoms with van der Waals surface area (Å²) in [5.74, 6) is 0.834. The summed E-state index contributed by atoms with van der Waals surface area (Å²) in [5.41, 5.74) is 0.355. The number of hydrogen-bond donors (Lipinski definition) is 1. The molecule has 132 valence electrons. The Bertz CT molecular complexity index is 743. The molecule has 0 saturated carbocycles. The summed E-state index contributed by atoms with van der Waals surface area (Å²) >= 11 is 0. The highest BCUT2D eigenvalue weighted by Gasteiger charge is 2.16. The first-order valence-electron chi connectivity index (χ1n) is 7.80. The van der Waals surface area contributed by atoms with E-state index in [4.69, 9.17) is 0 Å². The third-order valence-corrected chi connectivity index (χ3v) is 3.56. The minimum Gasteiger partial charge on any atom is -0.322 e. The lowest BCUT2D eigenvalue weighted by Crippen LogP contribution is -2.37. The molecule has 0 radical (unpaired) electrons. The fraction of sp³-hybridized carbons (Fsp3) is 0.667. The van der Waals surface area contributed by atoms with Crippen LogP contribution in [0.5, 0.6) is 0 Å². The molecule has 0 aliphatic rings. The van der Waals surface area contributed by atoms with E-state index in [1.807, 2.05) is 18.4 Å². The minimum atomic E-state index is -0.342. The van der Waals surface area contributed by atoms with Crippen molar-refractivity contribution in [3.63, 3.8) is 0 Å². The van der Waals surface area contributed by atoms with Crippen LogP contribution in [-0.4, -0.2) is 31.8 Å². The van der Waals surface area contributed by atoms with Gasteiger partial charge in [0.15, 0.2) is 11.2 Å². The van der Waals surface area contributed by atoms with Crippen molar-refractivity contribution < 1.29 is 0 Å². The number of fused-ring (bicyclic) bond motifs is 1. The van der Waals surface area contributed by atoms with Crippen molar-refractivity contribution in [1.82, 2.24) is 24.0 Å². The molecule has 0 bridgehead atoms. The van der Waals surface area contributed by atoms with Crippen LogP contribution >= 0.6 is 12.4 Å².